The van der Waals surface area contributed by atoms with Crippen LogP contribution in [-0.2, 0) is 11.2 Å². The second-order valence-electron chi connectivity index (χ2n) is 8.00. The molecule has 0 aromatic heterocycles. The third-order valence-corrected chi connectivity index (χ3v) is 5.92. The van der Waals surface area contributed by atoms with Crippen LogP contribution in [-0.4, -0.2) is 29.3 Å². The van der Waals surface area contributed by atoms with Gasteiger partial charge in [0.25, 0.3) is 5.92 Å². The van der Waals surface area contributed by atoms with Crippen LogP contribution in [0.5, 0.6) is 0 Å². The number of benzene rings is 2. The number of hydrogen-bond donors (Lipinski definition) is 0. The van der Waals surface area contributed by atoms with E-state index in [4.69, 9.17) is 0 Å². The molecule has 2 aromatic rings. The highest BCUT2D eigenvalue weighted by atomic mass is 19.3. The van der Waals surface area contributed by atoms with Crippen molar-refractivity contribution in [2.45, 2.75) is 38.2 Å². The van der Waals surface area contributed by atoms with Crippen LogP contribution in [0.2, 0.25) is 0 Å². The fourth-order valence-corrected chi connectivity index (χ4v) is 4.03. The van der Waals surface area contributed by atoms with Crippen LogP contribution in [0.4, 0.5) is 22.0 Å². The summed E-state index contributed by atoms with van der Waals surface area (Å²) in [5.74, 6) is -7.09. The lowest BCUT2D eigenvalue weighted by Gasteiger charge is -2.27. The molecule has 2 nitrogen and oxygen atoms in total. The predicted molar refractivity (Wildman–Crippen MR) is 97.8 cm³/mol. The Balaban J connectivity index is 1.67. The average molecular weight is 409 g/mol. The molecule has 2 fully saturated rings. The average Bonchev–Trinajstić information content (AvgIpc) is 3.46. The van der Waals surface area contributed by atoms with Crippen molar-refractivity contribution in [3.05, 3.63) is 59.4 Å². The van der Waals surface area contributed by atoms with E-state index in [1.807, 2.05) is 0 Å². The maximum absolute atomic E-state index is 15.2. The Morgan fingerprint density at radius 1 is 1.10 bits per heavy atom. The maximum atomic E-state index is 15.2. The smallest absolute Gasteiger partial charge is 0.269 e. The van der Waals surface area contributed by atoms with Gasteiger partial charge in [-0.1, -0.05) is 25.1 Å². The van der Waals surface area contributed by atoms with Crippen molar-refractivity contribution in [2.24, 2.45) is 11.8 Å². The minimum atomic E-state index is -3.05. The van der Waals surface area contributed by atoms with Crippen molar-refractivity contribution in [3.8, 4) is 11.1 Å². The number of likely N-dealkylation sites (tertiary alicyclic amines) is 1. The molecule has 2 aliphatic rings. The molecule has 1 heterocycles. The zero-order valence-corrected chi connectivity index (χ0v) is 15.8. The topological polar surface area (TPSA) is 20.3 Å². The van der Waals surface area contributed by atoms with Crippen molar-refractivity contribution in [3.63, 3.8) is 0 Å². The van der Waals surface area contributed by atoms with Gasteiger partial charge in [-0.05, 0) is 42.5 Å². The Bertz CT molecular complexity index is 936. The molecule has 1 aliphatic heterocycles. The Morgan fingerprint density at radius 3 is 2.38 bits per heavy atom. The summed E-state index contributed by atoms with van der Waals surface area (Å²) < 4.78 is 70.9. The quantitative estimate of drug-likeness (QED) is 0.636. The molecule has 2 atom stereocenters. The predicted octanol–water partition coefficient (Wildman–Crippen LogP) is 5.21. The molecule has 1 aliphatic carbocycles. The normalized spacial score (nSPS) is 23.4. The number of hydrogen-bond acceptors (Lipinski definition) is 1. The first-order chi connectivity index (χ1) is 13.7. The molecule has 29 heavy (non-hydrogen) atoms. The molecular formula is C22H20F5NO. The molecule has 2 aromatic carbocycles. The molecule has 0 radical (unpaired) electrons. The van der Waals surface area contributed by atoms with Crippen molar-refractivity contribution in [1.29, 1.82) is 0 Å². The molecule has 4 rings (SSSR count). The van der Waals surface area contributed by atoms with Gasteiger partial charge in [-0.2, -0.15) is 0 Å². The fraction of sp³-hybridized carbons (Fsp3) is 0.409. The molecule has 1 saturated heterocycles. The molecule has 0 N–H and O–H groups in total. The maximum Gasteiger partial charge on any atom is 0.269 e. The first kappa shape index (κ1) is 19.9. The SMILES string of the molecule is C[C@@H]1[C@H](Cc2cccc(-c3cc(F)cc(F)c3)c2F)N(C(=O)C2CC2)CC1(F)F. The summed E-state index contributed by atoms with van der Waals surface area (Å²) in [5.41, 5.74) is 0.145. The third kappa shape index (κ3) is 3.74. The van der Waals surface area contributed by atoms with E-state index in [1.165, 1.54) is 30.0 Å². The largest absolute Gasteiger partial charge is 0.333 e. The number of carbonyl (C=O) groups is 1. The first-order valence-corrected chi connectivity index (χ1v) is 9.59. The Labute approximate surface area is 165 Å². The number of halogens is 5. The van der Waals surface area contributed by atoms with Gasteiger partial charge < -0.3 is 4.90 Å². The van der Waals surface area contributed by atoms with E-state index in [0.29, 0.717) is 18.9 Å². The van der Waals surface area contributed by atoms with Gasteiger partial charge in [0, 0.05) is 29.5 Å². The molecule has 0 spiro atoms. The highest BCUT2D eigenvalue weighted by molar-refractivity contribution is 5.82. The number of alkyl halides is 2. The van der Waals surface area contributed by atoms with Crippen LogP contribution in [0.15, 0.2) is 36.4 Å². The van der Waals surface area contributed by atoms with Crippen LogP contribution < -0.4 is 0 Å². The standard InChI is InChI=1S/C22H20F5NO/c1-12-19(28(11-22(12,26)27)21(29)13-5-6-13)9-14-3-2-4-18(20(14)25)15-7-16(23)10-17(24)8-15/h2-4,7-8,10,12-13,19H,5-6,9,11H2,1H3/t12-,19+/m1/s1. The van der Waals surface area contributed by atoms with Crippen LogP contribution >= 0.6 is 0 Å². The third-order valence-electron chi connectivity index (χ3n) is 5.92. The Kier molecular flexibility index (Phi) is 4.87. The molecule has 1 amide bonds. The molecular weight excluding hydrogens is 389 g/mol. The molecule has 7 heteroatoms. The number of rotatable bonds is 4. The lowest BCUT2D eigenvalue weighted by Crippen LogP contribution is -2.40. The van der Waals surface area contributed by atoms with Gasteiger partial charge in [-0.25, -0.2) is 22.0 Å². The van der Waals surface area contributed by atoms with Crippen LogP contribution in [0.1, 0.15) is 25.3 Å². The van der Waals surface area contributed by atoms with E-state index in [1.54, 1.807) is 0 Å². The van der Waals surface area contributed by atoms with Crippen molar-refractivity contribution < 1.29 is 26.7 Å². The monoisotopic (exact) mass is 409 g/mol. The highest BCUT2D eigenvalue weighted by Crippen LogP contribution is 2.43. The van der Waals surface area contributed by atoms with Crippen LogP contribution in [0.25, 0.3) is 11.1 Å². The van der Waals surface area contributed by atoms with Crippen molar-refractivity contribution in [1.82, 2.24) is 4.90 Å². The second kappa shape index (κ2) is 7.11. The second-order valence-corrected chi connectivity index (χ2v) is 8.00. The Hall–Kier alpha value is -2.44. The molecule has 0 unspecified atom stereocenters. The lowest BCUT2D eigenvalue weighted by molar-refractivity contribution is -0.134. The zero-order valence-electron chi connectivity index (χ0n) is 15.8. The summed E-state index contributed by atoms with van der Waals surface area (Å²) in [4.78, 5) is 13.7. The number of amides is 1. The van der Waals surface area contributed by atoms with E-state index in [-0.39, 0.29) is 34.9 Å². The summed E-state index contributed by atoms with van der Waals surface area (Å²) in [6, 6.07) is 6.23. The van der Waals surface area contributed by atoms with Crippen LogP contribution in [0, 0.1) is 29.3 Å². The molecule has 0 bridgehead atoms. The molecule has 1 saturated carbocycles. The van der Waals surface area contributed by atoms with Crippen molar-refractivity contribution >= 4 is 5.91 Å². The number of carbonyl (C=O) groups excluding carboxylic acids is 1. The minimum Gasteiger partial charge on any atom is -0.333 e. The highest BCUT2D eigenvalue weighted by Gasteiger charge is 2.54. The number of nitrogens with zero attached hydrogens (tertiary/aromatic N) is 1. The summed E-state index contributed by atoms with van der Waals surface area (Å²) in [6.45, 7) is 0.707. The minimum absolute atomic E-state index is 0.0154. The first-order valence-electron chi connectivity index (χ1n) is 9.59. The summed E-state index contributed by atoms with van der Waals surface area (Å²) in [7, 11) is 0. The lowest BCUT2D eigenvalue weighted by atomic mass is 9.91. The van der Waals surface area contributed by atoms with Gasteiger partial charge in [-0.15, -0.1) is 0 Å². The van der Waals surface area contributed by atoms with Gasteiger partial charge in [0.1, 0.15) is 17.5 Å². The van der Waals surface area contributed by atoms with E-state index >= 15 is 4.39 Å². The summed E-state index contributed by atoms with van der Waals surface area (Å²) in [5, 5.41) is 0. The van der Waals surface area contributed by atoms with Gasteiger partial charge in [-0.3, -0.25) is 4.79 Å². The fourth-order valence-electron chi connectivity index (χ4n) is 4.03. The Morgan fingerprint density at radius 2 is 1.76 bits per heavy atom. The molecule has 154 valence electrons. The van der Waals surface area contributed by atoms with E-state index < -0.39 is 41.9 Å². The van der Waals surface area contributed by atoms with E-state index in [2.05, 4.69) is 0 Å². The van der Waals surface area contributed by atoms with E-state index in [0.717, 1.165) is 12.1 Å². The summed E-state index contributed by atoms with van der Waals surface area (Å²) >= 11 is 0. The van der Waals surface area contributed by atoms with Crippen LogP contribution in [0.3, 0.4) is 0 Å². The van der Waals surface area contributed by atoms with Gasteiger partial charge in [0.15, 0.2) is 0 Å². The van der Waals surface area contributed by atoms with Gasteiger partial charge >= 0.3 is 0 Å². The zero-order chi connectivity index (χ0) is 20.9. The van der Waals surface area contributed by atoms with Gasteiger partial charge in [0.2, 0.25) is 5.91 Å². The summed E-state index contributed by atoms with van der Waals surface area (Å²) in [6.07, 6.45) is 1.29. The van der Waals surface area contributed by atoms with Crippen molar-refractivity contribution in [2.75, 3.05) is 6.54 Å². The van der Waals surface area contributed by atoms with Gasteiger partial charge in [0.05, 0.1) is 6.54 Å². The van der Waals surface area contributed by atoms with E-state index in [9.17, 15) is 22.4 Å².